The van der Waals surface area contributed by atoms with Crippen LogP contribution in [-0.2, 0) is 16.1 Å². The summed E-state index contributed by atoms with van der Waals surface area (Å²) in [5.74, 6) is -0.870. The second kappa shape index (κ2) is 7.27. The van der Waals surface area contributed by atoms with Crippen molar-refractivity contribution in [3.8, 4) is 0 Å². The van der Waals surface area contributed by atoms with Crippen LogP contribution >= 0.6 is 0 Å². The lowest BCUT2D eigenvalue weighted by Crippen LogP contribution is -2.56. The van der Waals surface area contributed by atoms with E-state index < -0.39 is 11.5 Å². The van der Waals surface area contributed by atoms with Crippen LogP contribution in [0.5, 0.6) is 0 Å². The van der Waals surface area contributed by atoms with Gasteiger partial charge in [-0.2, -0.15) is 0 Å². The standard InChI is InChI=1S/C19H23N3O4/c1-13-6-9-19(10-7-13,18(25)26)21-16(23)8-11-22-12-20-15-5-3-2-4-14(15)17(22)24/h2-5,12-13H,6-11H2,1H3,(H,21,23)(H,25,26). The third-order valence-corrected chi connectivity index (χ3v) is 5.23. The number of carboxylic acid groups (broad SMARTS) is 1. The molecular formula is C19H23N3O4. The molecule has 0 saturated heterocycles. The van der Waals surface area contributed by atoms with Gasteiger partial charge in [-0.05, 0) is 43.7 Å². The number of fused-ring (bicyclic) bond motifs is 1. The molecule has 138 valence electrons. The first kappa shape index (κ1) is 18.1. The molecule has 1 fully saturated rings. The maximum atomic E-state index is 12.4. The van der Waals surface area contributed by atoms with Crippen molar-refractivity contribution in [2.24, 2.45) is 5.92 Å². The van der Waals surface area contributed by atoms with E-state index in [1.807, 2.05) is 6.07 Å². The summed E-state index contributed by atoms with van der Waals surface area (Å²) in [6.45, 7) is 2.25. The number of carboxylic acids is 1. The van der Waals surface area contributed by atoms with Crippen LogP contribution in [0.4, 0.5) is 0 Å². The number of hydrogen-bond acceptors (Lipinski definition) is 4. The number of nitrogens with one attached hydrogen (secondary N) is 1. The monoisotopic (exact) mass is 357 g/mol. The molecule has 1 aromatic heterocycles. The Morgan fingerprint density at radius 2 is 2.00 bits per heavy atom. The van der Waals surface area contributed by atoms with E-state index in [1.54, 1.807) is 18.2 Å². The molecule has 7 nitrogen and oxygen atoms in total. The van der Waals surface area contributed by atoms with Gasteiger partial charge in [0, 0.05) is 13.0 Å². The first-order valence-electron chi connectivity index (χ1n) is 8.90. The van der Waals surface area contributed by atoms with Crippen molar-refractivity contribution in [2.75, 3.05) is 0 Å². The molecular weight excluding hydrogens is 334 g/mol. The van der Waals surface area contributed by atoms with Gasteiger partial charge >= 0.3 is 5.97 Å². The van der Waals surface area contributed by atoms with E-state index in [2.05, 4.69) is 17.2 Å². The van der Waals surface area contributed by atoms with Crippen LogP contribution in [0.25, 0.3) is 10.9 Å². The minimum Gasteiger partial charge on any atom is -0.480 e. The summed E-state index contributed by atoms with van der Waals surface area (Å²) < 4.78 is 1.39. The molecule has 1 aromatic carbocycles. The highest BCUT2D eigenvalue weighted by Crippen LogP contribution is 2.32. The Labute approximate surface area is 151 Å². The minimum absolute atomic E-state index is 0.0323. The molecule has 3 rings (SSSR count). The molecule has 2 aromatic rings. The number of benzene rings is 1. The van der Waals surface area contributed by atoms with E-state index in [0.717, 1.165) is 12.8 Å². The van der Waals surface area contributed by atoms with E-state index in [4.69, 9.17) is 0 Å². The molecule has 1 heterocycles. The molecule has 0 atom stereocenters. The number of carbonyl (C=O) groups is 2. The van der Waals surface area contributed by atoms with Crippen molar-refractivity contribution in [2.45, 2.75) is 51.1 Å². The SMILES string of the molecule is CC1CCC(NC(=O)CCn2cnc3ccccc3c2=O)(C(=O)O)CC1. The van der Waals surface area contributed by atoms with E-state index in [9.17, 15) is 19.5 Å². The summed E-state index contributed by atoms with van der Waals surface area (Å²) in [5.41, 5.74) is -0.780. The third-order valence-electron chi connectivity index (χ3n) is 5.23. The van der Waals surface area contributed by atoms with Crippen LogP contribution in [-0.4, -0.2) is 32.1 Å². The second-order valence-corrected chi connectivity index (χ2v) is 7.13. The summed E-state index contributed by atoms with van der Waals surface area (Å²) in [6, 6.07) is 7.03. The lowest BCUT2D eigenvalue weighted by molar-refractivity contribution is -0.149. The molecule has 1 aliphatic carbocycles. The Balaban J connectivity index is 1.68. The molecule has 0 unspecified atom stereocenters. The number of carbonyl (C=O) groups excluding carboxylic acids is 1. The first-order valence-corrected chi connectivity index (χ1v) is 8.90. The van der Waals surface area contributed by atoms with Crippen LogP contribution < -0.4 is 10.9 Å². The number of aliphatic carboxylic acids is 1. The molecule has 26 heavy (non-hydrogen) atoms. The smallest absolute Gasteiger partial charge is 0.329 e. The molecule has 1 saturated carbocycles. The summed E-state index contributed by atoms with van der Waals surface area (Å²) >= 11 is 0. The average molecular weight is 357 g/mol. The van der Waals surface area contributed by atoms with Crippen molar-refractivity contribution in [1.29, 1.82) is 0 Å². The van der Waals surface area contributed by atoms with Crippen LogP contribution in [0.1, 0.15) is 39.0 Å². The minimum atomic E-state index is -1.18. The van der Waals surface area contributed by atoms with E-state index in [-0.39, 0.29) is 24.4 Å². The number of hydrogen-bond donors (Lipinski definition) is 2. The van der Waals surface area contributed by atoms with Gasteiger partial charge in [-0.3, -0.25) is 14.2 Å². The molecule has 1 aliphatic rings. The van der Waals surface area contributed by atoms with Gasteiger partial charge in [-0.15, -0.1) is 0 Å². The van der Waals surface area contributed by atoms with E-state index >= 15 is 0 Å². The molecule has 0 bridgehead atoms. The highest BCUT2D eigenvalue weighted by Gasteiger charge is 2.42. The number of amides is 1. The molecule has 1 amide bonds. The Bertz CT molecular complexity index is 882. The van der Waals surface area contributed by atoms with Gasteiger partial charge in [-0.1, -0.05) is 19.1 Å². The molecule has 0 spiro atoms. The van der Waals surface area contributed by atoms with Crippen LogP contribution in [0, 0.1) is 5.92 Å². The van der Waals surface area contributed by atoms with Gasteiger partial charge < -0.3 is 10.4 Å². The van der Waals surface area contributed by atoms with Crippen molar-refractivity contribution in [3.63, 3.8) is 0 Å². The van der Waals surface area contributed by atoms with Gasteiger partial charge in [0.05, 0.1) is 17.2 Å². The van der Waals surface area contributed by atoms with Crippen LogP contribution in [0.3, 0.4) is 0 Å². The Kier molecular flexibility index (Phi) is 5.06. The molecule has 0 aliphatic heterocycles. The van der Waals surface area contributed by atoms with Crippen molar-refractivity contribution >= 4 is 22.8 Å². The van der Waals surface area contributed by atoms with Crippen molar-refractivity contribution in [3.05, 3.63) is 40.9 Å². The Morgan fingerprint density at radius 3 is 2.69 bits per heavy atom. The average Bonchev–Trinajstić information content (AvgIpc) is 2.63. The van der Waals surface area contributed by atoms with Gasteiger partial charge in [0.25, 0.3) is 5.56 Å². The molecule has 0 radical (unpaired) electrons. The zero-order valence-corrected chi connectivity index (χ0v) is 14.8. The number of aryl methyl sites for hydroxylation is 1. The summed E-state index contributed by atoms with van der Waals surface area (Å²) in [5, 5.41) is 12.8. The predicted molar refractivity (Wildman–Crippen MR) is 96.8 cm³/mol. The molecule has 2 N–H and O–H groups in total. The number of aromatic nitrogens is 2. The number of rotatable bonds is 5. The second-order valence-electron chi connectivity index (χ2n) is 7.13. The summed E-state index contributed by atoms with van der Waals surface area (Å²) in [7, 11) is 0. The summed E-state index contributed by atoms with van der Waals surface area (Å²) in [6.07, 6.45) is 3.89. The predicted octanol–water partition coefficient (Wildman–Crippen LogP) is 1.94. The quantitative estimate of drug-likeness (QED) is 0.851. The Hall–Kier alpha value is -2.70. The van der Waals surface area contributed by atoms with Crippen LogP contribution in [0.2, 0.25) is 0 Å². The summed E-state index contributed by atoms with van der Waals surface area (Å²) in [4.78, 5) is 40.7. The zero-order valence-electron chi connectivity index (χ0n) is 14.8. The number of nitrogens with zero attached hydrogens (tertiary/aromatic N) is 2. The highest BCUT2D eigenvalue weighted by molar-refractivity contribution is 5.87. The fraction of sp³-hybridized carbons (Fsp3) is 0.474. The fourth-order valence-corrected chi connectivity index (χ4v) is 3.46. The maximum absolute atomic E-state index is 12.4. The van der Waals surface area contributed by atoms with E-state index in [0.29, 0.717) is 29.7 Å². The Morgan fingerprint density at radius 1 is 1.31 bits per heavy atom. The van der Waals surface area contributed by atoms with Gasteiger partial charge in [0.2, 0.25) is 5.91 Å². The van der Waals surface area contributed by atoms with Gasteiger partial charge in [-0.25, -0.2) is 9.78 Å². The normalized spacial score (nSPS) is 22.9. The number of para-hydroxylation sites is 1. The topological polar surface area (TPSA) is 101 Å². The maximum Gasteiger partial charge on any atom is 0.329 e. The van der Waals surface area contributed by atoms with Gasteiger partial charge in [0.15, 0.2) is 0 Å². The molecule has 7 heteroatoms. The fourth-order valence-electron chi connectivity index (χ4n) is 3.46. The van der Waals surface area contributed by atoms with E-state index in [1.165, 1.54) is 10.9 Å². The lowest BCUT2D eigenvalue weighted by Gasteiger charge is -2.36. The van der Waals surface area contributed by atoms with Crippen molar-refractivity contribution < 1.29 is 14.7 Å². The van der Waals surface area contributed by atoms with Crippen LogP contribution in [0.15, 0.2) is 35.4 Å². The lowest BCUT2D eigenvalue weighted by atomic mass is 9.77. The first-order chi connectivity index (χ1) is 12.4. The zero-order chi connectivity index (χ0) is 18.7. The third kappa shape index (κ3) is 3.61. The largest absolute Gasteiger partial charge is 0.480 e. The highest BCUT2D eigenvalue weighted by atomic mass is 16.4. The van der Waals surface area contributed by atoms with Gasteiger partial charge in [0.1, 0.15) is 5.54 Å². The van der Waals surface area contributed by atoms with Crippen molar-refractivity contribution in [1.82, 2.24) is 14.9 Å².